The van der Waals surface area contributed by atoms with E-state index in [0.717, 1.165) is 75.5 Å². The molecule has 1 aliphatic carbocycles. The molecule has 7 heteroatoms. The Hall–Kier alpha value is -3.91. The Morgan fingerprint density at radius 3 is 2.00 bits per heavy atom. The quantitative estimate of drug-likeness (QED) is 0.115. The van der Waals surface area contributed by atoms with E-state index < -0.39 is 0 Å². The fraction of sp³-hybridized carbons (Fsp3) is 0.432. The summed E-state index contributed by atoms with van der Waals surface area (Å²) in [7, 11) is 6.49. The van der Waals surface area contributed by atoms with E-state index in [1.807, 2.05) is 11.3 Å². The zero-order chi connectivity index (χ0) is 35.0. The van der Waals surface area contributed by atoms with Crippen LogP contribution in [-0.2, 0) is 25.9 Å². The van der Waals surface area contributed by atoms with Gasteiger partial charge in [0.15, 0.2) is 0 Å². The summed E-state index contributed by atoms with van der Waals surface area (Å²) in [6.45, 7) is 5.98. The molecule has 0 spiro atoms. The predicted molar refractivity (Wildman–Crippen MR) is 213 cm³/mol. The van der Waals surface area contributed by atoms with E-state index in [9.17, 15) is 0 Å². The molecule has 1 saturated heterocycles. The predicted octanol–water partition coefficient (Wildman–Crippen LogP) is 9.33. The van der Waals surface area contributed by atoms with Gasteiger partial charge < -0.3 is 14.2 Å². The van der Waals surface area contributed by atoms with Crippen molar-refractivity contribution in [2.24, 2.45) is 11.8 Å². The number of benzene rings is 3. The molecule has 1 atom stereocenters. The van der Waals surface area contributed by atoms with Crippen LogP contribution in [0.1, 0.15) is 71.3 Å². The third-order valence-corrected chi connectivity index (χ3v) is 12.0. The lowest BCUT2D eigenvalue weighted by Gasteiger charge is -2.40. The van der Waals surface area contributed by atoms with Gasteiger partial charge in [-0.15, -0.1) is 11.3 Å². The molecular formula is C44H55N5OS. The van der Waals surface area contributed by atoms with Crippen molar-refractivity contribution < 1.29 is 4.42 Å². The molecule has 0 N–H and O–H groups in total. The maximum atomic E-state index is 6.98. The number of piperazine rings is 1. The molecule has 1 saturated carbocycles. The Bertz CT molecular complexity index is 1760. The average Bonchev–Trinajstić information content (AvgIpc) is 3.80. The Morgan fingerprint density at radius 2 is 1.35 bits per heavy atom. The maximum Gasteiger partial charge on any atom is 0.220 e. The van der Waals surface area contributed by atoms with E-state index in [1.54, 1.807) is 4.88 Å². The Kier molecular flexibility index (Phi) is 11.9. The molecule has 2 aromatic heterocycles. The molecule has 3 heterocycles. The topological polar surface area (TPSA) is 39.0 Å². The fourth-order valence-electron chi connectivity index (χ4n) is 8.25. The molecule has 1 aliphatic heterocycles. The van der Waals surface area contributed by atoms with Crippen molar-refractivity contribution in [3.63, 3.8) is 0 Å². The van der Waals surface area contributed by atoms with Crippen LogP contribution >= 0.6 is 11.3 Å². The van der Waals surface area contributed by atoms with Crippen molar-refractivity contribution in [3.05, 3.63) is 136 Å². The number of aromatic nitrogens is 1. The third kappa shape index (κ3) is 9.31. The van der Waals surface area contributed by atoms with Crippen LogP contribution in [0.25, 0.3) is 0 Å². The smallest absolute Gasteiger partial charge is 0.220 e. The van der Waals surface area contributed by atoms with Gasteiger partial charge in [0, 0.05) is 71.7 Å². The molecule has 1 unspecified atom stereocenters. The normalized spacial score (nSPS) is 19.2. The summed E-state index contributed by atoms with van der Waals surface area (Å²) in [5.41, 5.74) is 6.37. The zero-order valence-electron chi connectivity index (χ0n) is 30.8. The molecule has 51 heavy (non-hydrogen) atoms. The second-order valence-electron chi connectivity index (χ2n) is 15.1. The fourth-order valence-corrected chi connectivity index (χ4v) is 9.32. The summed E-state index contributed by atoms with van der Waals surface area (Å²) in [6.07, 6.45) is 8.28. The maximum absolute atomic E-state index is 6.98. The van der Waals surface area contributed by atoms with E-state index in [2.05, 4.69) is 143 Å². The van der Waals surface area contributed by atoms with Gasteiger partial charge in [-0.2, -0.15) is 0 Å². The summed E-state index contributed by atoms with van der Waals surface area (Å²) >= 11 is 1.93. The van der Waals surface area contributed by atoms with Crippen molar-refractivity contribution in [2.75, 3.05) is 57.1 Å². The van der Waals surface area contributed by atoms with E-state index in [4.69, 9.17) is 9.40 Å². The van der Waals surface area contributed by atoms with Gasteiger partial charge in [0.05, 0.1) is 11.7 Å². The molecule has 6 nitrogen and oxygen atoms in total. The van der Waals surface area contributed by atoms with Crippen LogP contribution in [-0.4, -0.2) is 62.1 Å². The van der Waals surface area contributed by atoms with Gasteiger partial charge in [-0.3, -0.25) is 9.80 Å². The lowest BCUT2D eigenvalue weighted by molar-refractivity contribution is 0.0631. The van der Waals surface area contributed by atoms with Crippen LogP contribution in [0.5, 0.6) is 0 Å². The highest BCUT2D eigenvalue weighted by Crippen LogP contribution is 2.41. The van der Waals surface area contributed by atoms with Crippen LogP contribution < -0.4 is 9.80 Å². The van der Waals surface area contributed by atoms with Gasteiger partial charge in [-0.25, -0.2) is 4.98 Å². The molecule has 2 aliphatic rings. The number of nitrogens with zero attached hydrogens (tertiary/aromatic N) is 5. The molecule has 0 radical (unpaired) electrons. The van der Waals surface area contributed by atoms with Gasteiger partial charge in [-0.05, 0) is 65.7 Å². The minimum absolute atomic E-state index is 0.177. The summed E-state index contributed by atoms with van der Waals surface area (Å²) in [5, 5.41) is 2.26. The number of oxazole rings is 1. The van der Waals surface area contributed by atoms with Gasteiger partial charge in [0.1, 0.15) is 5.69 Å². The van der Waals surface area contributed by atoms with E-state index in [-0.39, 0.29) is 6.04 Å². The summed E-state index contributed by atoms with van der Waals surface area (Å²) in [4.78, 5) is 16.8. The number of anilines is 2. The van der Waals surface area contributed by atoms with Crippen LogP contribution in [0.3, 0.4) is 0 Å². The zero-order valence-corrected chi connectivity index (χ0v) is 31.6. The van der Waals surface area contributed by atoms with Crippen LogP contribution in [0, 0.1) is 11.8 Å². The lowest BCUT2D eigenvalue weighted by atomic mass is 9.77. The lowest BCUT2D eigenvalue weighted by Crippen LogP contribution is -2.47. The molecule has 7 rings (SSSR count). The van der Waals surface area contributed by atoms with Crippen LogP contribution in [0.15, 0.2) is 107 Å². The second kappa shape index (κ2) is 17.1. The first-order valence-corrected chi connectivity index (χ1v) is 19.9. The van der Waals surface area contributed by atoms with E-state index in [1.165, 1.54) is 54.5 Å². The first-order valence-electron chi connectivity index (χ1n) is 19.0. The standard InChI is InChI=1S/C44H55N5OS/c1-46(2)40-23-28-51-42(40)31-36-21-19-35(20-22-36)30-41(49-26-24-48(25-27-49)33-38-17-11-6-12-18-38)43-45-39(29-34-13-7-4-8-14-34)44(50-43)47(3)32-37-15-9-5-10-16-37/h4-18,23,28,35-36,41H,19-22,24-27,29-33H2,1-3H3. The Labute approximate surface area is 309 Å². The van der Waals surface area contributed by atoms with E-state index in [0.29, 0.717) is 5.92 Å². The number of hydrogen-bond acceptors (Lipinski definition) is 7. The van der Waals surface area contributed by atoms with Crippen molar-refractivity contribution in [1.29, 1.82) is 0 Å². The molecular weight excluding hydrogens is 647 g/mol. The number of thiophene rings is 1. The molecule has 3 aromatic carbocycles. The van der Waals surface area contributed by atoms with Gasteiger partial charge >= 0.3 is 0 Å². The highest BCUT2D eigenvalue weighted by Gasteiger charge is 2.34. The summed E-state index contributed by atoms with van der Waals surface area (Å²) in [5.74, 6) is 3.27. The van der Waals surface area contributed by atoms with Crippen molar-refractivity contribution >= 4 is 22.9 Å². The molecule has 2 fully saturated rings. The average molecular weight is 702 g/mol. The Balaban J connectivity index is 1.11. The second-order valence-corrected chi connectivity index (χ2v) is 16.1. The van der Waals surface area contributed by atoms with Gasteiger partial charge in [-0.1, -0.05) is 104 Å². The first-order chi connectivity index (χ1) is 25.0. The van der Waals surface area contributed by atoms with Gasteiger partial charge in [0.25, 0.3) is 0 Å². The van der Waals surface area contributed by atoms with Gasteiger partial charge in [0.2, 0.25) is 11.8 Å². The summed E-state index contributed by atoms with van der Waals surface area (Å²) in [6, 6.07) is 34.8. The highest BCUT2D eigenvalue weighted by atomic mass is 32.1. The monoisotopic (exact) mass is 701 g/mol. The van der Waals surface area contributed by atoms with Crippen molar-refractivity contribution in [2.45, 2.75) is 64.1 Å². The first kappa shape index (κ1) is 35.5. The van der Waals surface area contributed by atoms with Crippen LogP contribution in [0.4, 0.5) is 11.6 Å². The minimum Gasteiger partial charge on any atom is -0.423 e. The number of hydrogen-bond donors (Lipinski definition) is 0. The summed E-state index contributed by atoms with van der Waals surface area (Å²) < 4.78 is 6.98. The molecule has 268 valence electrons. The van der Waals surface area contributed by atoms with Crippen molar-refractivity contribution in [1.82, 2.24) is 14.8 Å². The number of rotatable bonds is 14. The Morgan fingerprint density at radius 1 is 0.745 bits per heavy atom. The molecule has 0 amide bonds. The highest BCUT2D eigenvalue weighted by molar-refractivity contribution is 7.10. The SMILES string of the molecule is CN(C)c1ccsc1CC1CCC(CC(c2nc(Cc3ccccc3)c(N(C)Cc3ccccc3)o2)N2CCN(Cc3ccccc3)CC2)CC1. The molecule has 0 bridgehead atoms. The van der Waals surface area contributed by atoms with Crippen LogP contribution in [0.2, 0.25) is 0 Å². The van der Waals surface area contributed by atoms with Crippen molar-refractivity contribution in [3.8, 4) is 0 Å². The molecule has 5 aromatic rings. The largest absolute Gasteiger partial charge is 0.423 e. The van der Waals surface area contributed by atoms with E-state index >= 15 is 0 Å². The third-order valence-electron chi connectivity index (χ3n) is 11.1. The minimum atomic E-state index is 0.177.